The topological polar surface area (TPSA) is 47.5 Å². The van der Waals surface area contributed by atoms with E-state index in [-0.39, 0.29) is 0 Å². The number of benzene rings is 1. The quantitative estimate of drug-likeness (QED) is 0.869. The summed E-state index contributed by atoms with van der Waals surface area (Å²) in [5.41, 5.74) is 1.21. The van der Waals surface area contributed by atoms with Crippen LogP contribution in [0.5, 0.6) is 11.5 Å². The van der Waals surface area contributed by atoms with Crippen LogP contribution in [0, 0.1) is 6.92 Å². The van der Waals surface area contributed by atoms with Crippen LogP contribution in [0.1, 0.15) is 22.9 Å². The molecule has 2 aromatic rings. The van der Waals surface area contributed by atoms with Crippen LogP contribution in [0.3, 0.4) is 0 Å². The summed E-state index contributed by atoms with van der Waals surface area (Å²) in [6.45, 7) is 3.93. The number of hydrogen-bond donors (Lipinski definition) is 0. The number of anilines is 1. The summed E-state index contributed by atoms with van der Waals surface area (Å²) >= 11 is 1.65. The van der Waals surface area contributed by atoms with Crippen LogP contribution < -0.4 is 14.4 Å². The van der Waals surface area contributed by atoms with Crippen LogP contribution in [0.25, 0.3) is 0 Å². The fourth-order valence-electron chi connectivity index (χ4n) is 2.84. The lowest BCUT2D eigenvalue weighted by atomic mass is 9.97. The molecule has 1 atom stereocenters. The molecular formula is C15H19N3O2S. The molecule has 2 heterocycles. The van der Waals surface area contributed by atoms with E-state index in [9.17, 15) is 0 Å². The maximum Gasteiger partial charge on any atom is 0.208 e. The average Bonchev–Trinajstić information content (AvgIpc) is 3.14. The molecule has 1 aromatic carbocycles. The summed E-state index contributed by atoms with van der Waals surface area (Å²) in [4.78, 5) is 2.30. The molecular weight excluding hydrogens is 286 g/mol. The Balaban J connectivity index is 1.83. The van der Waals surface area contributed by atoms with Crippen LogP contribution in [-0.2, 0) is 0 Å². The zero-order chi connectivity index (χ0) is 14.8. The largest absolute Gasteiger partial charge is 0.493 e. The molecule has 0 saturated carbocycles. The predicted molar refractivity (Wildman–Crippen MR) is 83.8 cm³/mol. The van der Waals surface area contributed by atoms with E-state index < -0.39 is 0 Å². The maximum atomic E-state index is 5.56. The number of aromatic nitrogens is 2. The van der Waals surface area contributed by atoms with Gasteiger partial charge in [-0.15, -0.1) is 10.2 Å². The van der Waals surface area contributed by atoms with Crippen LogP contribution in [0.15, 0.2) is 18.2 Å². The van der Waals surface area contributed by atoms with Gasteiger partial charge in [0.05, 0.1) is 14.2 Å². The van der Waals surface area contributed by atoms with Gasteiger partial charge in [0.1, 0.15) is 5.01 Å². The zero-order valence-electron chi connectivity index (χ0n) is 12.5. The Morgan fingerprint density at radius 2 is 2.10 bits per heavy atom. The second kappa shape index (κ2) is 5.89. The first-order valence-electron chi connectivity index (χ1n) is 6.99. The van der Waals surface area contributed by atoms with Gasteiger partial charge < -0.3 is 14.4 Å². The minimum Gasteiger partial charge on any atom is -0.493 e. The molecule has 1 aliphatic rings. The highest BCUT2D eigenvalue weighted by Gasteiger charge is 2.29. The summed E-state index contributed by atoms with van der Waals surface area (Å²) in [7, 11) is 3.37. The van der Waals surface area contributed by atoms with Crippen LogP contribution >= 0.6 is 11.3 Å². The molecule has 1 aliphatic heterocycles. The molecule has 0 spiro atoms. The molecule has 1 saturated heterocycles. The molecule has 0 bridgehead atoms. The first-order valence-corrected chi connectivity index (χ1v) is 7.80. The molecule has 6 heteroatoms. The lowest BCUT2D eigenvalue weighted by Crippen LogP contribution is -2.19. The van der Waals surface area contributed by atoms with E-state index >= 15 is 0 Å². The Labute approximate surface area is 128 Å². The number of methoxy groups -OCH3 is 2. The first kappa shape index (κ1) is 14.1. The number of ether oxygens (including phenoxy) is 2. The molecule has 112 valence electrons. The summed E-state index contributed by atoms with van der Waals surface area (Å²) < 4.78 is 10.9. The van der Waals surface area contributed by atoms with Gasteiger partial charge in [0.15, 0.2) is 11.5 Å². The highest BCUT2D eigenvalue weighted by atomic mass is 32.1. The Bertz CT molecular complexity index is 629. The van der Waals surface area contributed by atoms with Crippen LogP contribution in [-0.4, -0.2) is 37.5 Å². The zero-order valence-corrected chi connectivity index (χ0v) is 13.3. The lowest BCUT2D eigenvalue weighted by Gasteiger charge is -2.18. The Hall–Kier alpha value is -1.82. The van der Waals surface area contributed by atoms with E-state index in [4.69, 9.17) is 9.47 Å². The molecule has 1 fully saturated rings. The highest BCUT2D eigenvalue weighted by Crippen LogP contribution is 2.40. The van der Waals surface area contributed by atoms with Crippen molar-refractivity contribution in [2.75, 3.05) is 32.2 Å². The Kier molecular flexibility index (Phi) is 3.96. The molecule has 5 nitrogen and oxygen atoms in total. The molecule has 1 unspecified atom stereocenters. The van der Waals surface area contributed by atoms with Gasteiger partial charge in [-0.05, 0) is 19.4 Å². The minimum absolute atomic E-state index is 0.430. The van der Waals surface area contributed by atoms with Crippen molar-refractivity contribution in [3.63, 3.8) is 0 Å². The normalized spacial score (nSPS) is 18.0. The van der Waals surface area contributed by atoms with E-state index in [2.05, 4.69) is 21.2 Å². The third-order valence-electron chi connectivity index (χ3n) is 3.85. The summed E-state index contributed by atoms with van der Waals surface area (Å²) in [5.74, 6) is 2.07. The number of para-hydroxylation sites is 1. The molecule has 0 radical (unpaired) electrons. The number of rotatable bonds is 4. The van der Waals surface area contributed by atoms with Crippen molar-refractivity contribution in [3.05, 3.63) is 28.8 Å². The van der Waals surface area contributed by atoms with Gasteiger partial charge in [-0.1, -0.05) is 23.5 Å². The number of aryl methyl sites for hydroxylation is 1. The summed E-state index contributed by atoms with van der Waals surface area (Å²) in [5, 5.41) is 10.4. The summed E-state index contributed by atoms with van der Waals surface area (Å²) in [6, 6.07) is 6.08. The van der Waals surface area contributed by atoms with E-state index in [1.54, 1.807) is 25.6 Å². The number of nitrogens with zero attached hydrogens (tertiary/aromatic N) is 3. The minimum atomic E-state index is 0.430. The monoisotopic (exact) mass is 305 g/mol. The second-order valence-corrected chi connectivity index (χ2v) is 6.28. The third kappa shape index (κ3) is 2.68. The SMILES string of the molecule is COc1cccc(C2CCN(c3nnc(C)s3)C2)c1OC. The van der Waals surface area contributed by atoms with Gasteiger partial charge in [0.2, 0.25) is 5.13 Å². The van der Waals surface area contributed by atoms with Crippen molar-refractivity contribution in [3.8, 4) is 11.5 Å². The van der Waals surface area contributed by atoms with Gasteiger partial charge in [0.25, 0.3) is 0 Å². The van der Waals surface area contributed by atoms with Gasteiger partial charge in [-0.2, -0.15) is 0 Å². The van der Waals surface area contributed by atoms with E-state index in [0.717, 1.165) is 41.1 Å². The van der Waals surface area contributed by atoms with Crippen LogP contribution in [0.2, 0.25) is 0 Å². The molecule has 1 aromatic heterocycles. The van der Waals surface area contributed by atoms with E-state index in [0.29, 0.717) is 5.92 Å². The van der Waals surface area contributed by atoms with Crippen molar-refractivity contribution >= 4 is 16.5 Å². The number of hydrogen-bond acceptors (Lipinski definition) is 6. The highest BCUT2D eigenvalue weighted by molar-refractivity contribution is 7.15. The van der Waals surface area contributed by atoms with Crippen LogP contribution in [0.4, 0.5) is 5.13 Å². The average molecular weight is 305 g/mol. The lowest BCUT2D eigenvalue weighted by molar-refractivity contribution is 0.350. The van der Waals surface area contributed by atoms with Crippen molar-refractivity contribution in [1.82, 2.24) is 10.2 Å². The van der Waals surface area contributed by atoms with Crippen molar-refractivity contribution in [1.29, 1.82) is 0 Å². The second-order valence-electron chi connectivity index (χ2n) is 5.12. The molecule has 21 heavy (non-hydrogen) atoms. The van der Waals surface area contributed by atoms with E-state index in [1.807, 2.05) is 19.1 Å². The Morgan fingerprint density at radius 1 is 1.24 bits per heavy atom. The molecule has 3 rings (SSSR count). The fourth-order valence-corrected chi connectivity index (χ4v) is 3.56. The predicted octanol–water partition coefficient (Wildman–Crippen LogP) is 2.86. The third-order valence-corrected chi connectivity index (χ3v) is 4.75. The smallest absolute Gasteiger partial charge is 0.208 e. The fraction of sp³-hybridized carbons (Fsp3) is 0.467. The molecule has 0 N–H and O–H groups in total. The van der Waals surface area contributed by atoms with Gasteiger partial charge in [-0.25, -0.2) is 0 Å². The van der Waals surface area contributed by atoms with Crippen molar-refractivity contribution in [2.24, 2.45) is 0 Å². The maximum absolute atomic E-state index is 5.56. The van der Waals surface area contributed by atoms with Crippen molar-refractivity contribution in [2.45, 2.75) is 19.3 Å². The standard InChI is InChI=1S/C15H19N3O2S/c1-10-16-17-15(21-10)18-8-7-11(9-18)12-5-4-6-13(19-2)14(12)20-3/h4-6,11H,7-9H2,1-3H3. The Morgan fingerprint density at radius 3 is 2.76 bits per heavy atom. The van der Waals surface area contributed by atoms with Gasteiger partial charge in [0, 0.05) is 24.6 Å². The summed E-state index contributed by atoms with van der Waals surface area (Å²) in [6.07, 6.45) is 1.09. The van der Waals surface area contributed by atoms with Gasteiger partial charge in [-0.3, -0.25) is 0 Å². The van der Waals surface area contributed by atoms with E-state index in [1.165, 1.54) is 5.56 Å². The molecule has 0 aliphatic carbocycles. The van der Waals surface area contributed by atoms with Gasteiger partial charge >= 0.3 is 0 Å². The first-order chi connectivity index (χ1) is 10.2. The molecule has 0 amide bonds. The van der Waals surface area contributed by atoms with Crippen molar-refractivity contribution < 1.29 is 9.47 Å².